The summed E-state index contributed by atoms with van der Waals surface area (Å²) in [6, 6.07) is 10.6. The highest BCUT2D eigenvalue weighted by molar-refractivity contribution is 9.10. The first kappa shape index (κ1) is 19.1. The van der Waals surface area contributed by atoms with E-state index in [-0.39, 0.29) is 17.7 Å². The fourth-order valence-corrected chi connectivity index (χ4v) is 3.21. The molecule has 0 bridgehead atoms. The molecule has 142 valence electrons. The van der Waals surface area contributed by atoms with Gasteiger partial charge in [0.1, 0.15) is 5.58 Å². The number of carbonyl (C=O) groups is 1. The fraction of sp³-hybridized carbons (Fsp3) is 0.250. The van der Waals surface area contributed by atoms with Crippen LogP contribution in [0.25, 0.3) is 11.0 Å². The average molecular weight is 434 g/mol. The molecular formula is C20H20BrNO5. The fourth-order valence-electron chi connectivity index (χ4n) is 2.83. The molecule has 3 rings (SSSR count). The first-order chi connectivity index (χ1) is 13.0. The Morgan fingerprint density at radius 3 is 2.30 bits per heavy atom. The van der Waals surface area contributed by atoms with Crippen LogP contribution < -0.4 is 19.5 Å². The van der Waals surface area contributed by atoms with Crippen LogP contribution in [-0.4, -0.2) is 27.2 Å². The van der Waals surface area contributed by atoms with Gasteiger partial charge in [0.05, 0.1) is 27.4 Å². The monoisotopic (exact) mass is 433 g/mol. The zero-order chi connectivity index (χ0) is 19.6. The van der Waals surface area contributed by atoms with Gasteiger partial charge < -0.3 is 23.9 Å². The molecule has 1 amide bonds. The van der Waals surface area contributed by atoms with Gasteiger partial charge >= 0.3 is 0 Å². The summed E-state index contributed by atoms with van der Waals surface area (Å²) in [6.07, 6.45) is 0. The Bertz CT molecular complexity index is 957. The minimum absolute atomic E-state index is 0.252. The van der Waals surface area contributed by atoms with Gasteiger partial charge in [-0.1, -0.05) is 15.9 Å². The number of methoxy groups -OCH3 is 3. The average Bonchev–Trinajstić information content (AvgIpc) is 3.09. The van der Waals surface area contributed by atoms with Crippen LogP contribution in [0, 0.1) is 0 Å². The van der Waals surface area contributed by atoms with Gasteiger partial charge in [-0.2, -0.15) is 0 Å². The second kappa shape index (κ2) is 7.92. The number of rotatable bonds is 6. The zero-order valence-corrected chi connectivity index (χ0v) is 17.0. The number of amides is 1. The van der Waals surface area contributed by atoms with Crippen LogP contribution in [0.4, 0.5) is 0 Å². The SMILES string of the molecule is COc1cc(C(C)NC(=O)c2cc3cc(Br)ccc3o2)cc(OC)c1OC. The van der Waals surface area contributed by atoms with Crippen molar-refractivity contribution in [2.75, 3.05) is 21.3 Å². The molecule has 1 atom stereocenters. The van der Waals surface area contributed by atoms with E-state index in [9.17, 15) is 4.79 Å². The Morgan fingerprint density at radius 2 is 1.70 bits per heavy atom. The van der Waals surface area contributed by atoms with E-state index < -0.39 is 0 Å². The van der Waals surface area contributed by atoms with Crippen LogP contribution in [0.1, 0.15) is 29.1 Å². The summed E-state index contributed by atoms with van der Waals surface area (Å²) < 4.78 is 22.6. The van der Waals surface area contributed by atoms with Crippen molar-refractivity contribution in [1.82, 2.24) is 5.32 Å². The molecule has 1 N–H and O–H groups in total. The van der Waals surface area contributed by atoms with E-state index in [0.29, 0.717) is 22.8 Å². The number of nitrogens with one attached hydrogen (secondary N) is 1. The Morgan fingerprint density at radius 1 is 1.04 bits per heavy atom. The summed E-state index contributed by atoms with van der Waals surface area (Å²) in [5.74, 6) is 1.51. The van der Waals surface area contributed by atoms with E-state index in [4.69, 9.17) is 18.6 Å². The summed E-state index contributed by atoms with van der Waals surface area (Å²) in [4.78, 5) is 12.6. The molecule has 0 saturated heterocycles. The minimum Gasteiger partial charge on any atom is -0.493 e. The first-order valence-corrected chi connectivity index (χ1v) is 9.06. The topological polar surface area (TPSA) is 69.9 Å². The summed E-state index contributed by atoms with van der Waals surface area (Å²) >= 11 is 3.41. The molecule has 0 aliphatic heterocycles. The predicted molar refractivity (Wildman–Crippen MR) is 106 cm³/mol. The van der Waals surface area contributed by atoms with Crippen LogP contribution in [0.5, 0.6) is 17.2 Å². The number of benzene rings is 2. The molecule has 3 aromatic rings. The van der Waals surface area contributed by atoms with Crippen molar-refractivity contribution in [2.24, 2.45) is 0 Å². The number of halogens is 1. The van der Waals surface area contributed by atoms with Gasteiger partial charge in [-0.05, 0) is 48.9 Å². The number of ether oxygens (including phenoxy) is 3. The highest BCUT2D eigenvalue weighted by Crippen LogP contribution is 2.39. The third-order valence-electron chi connectivity index (χ3n) is 4.24. The van der Waals surface area contributed by atoms with Crippen molar-refractivity contribution < 1.29 is 23.4 Å². The molecule has 27 heavy (non-hydrogen) atoms. The van der Waals surface area contributed by atoms with Gasteiger partial charge in [0.15, 0.2) is 17.3 Å². The van der Waals surface area contributed by atoms with E-state index in [0.717, 1.165) is 15.4 Å². The van der Waals surface area contributed by atoms with E-state index in [1.54, 1.807) is 27.4 Å². The zero-order valence-electron chi connectivity index (χ0n) is 15.5. The van der Waals surface area contributed by atoms with Gasteiger partial charge in [0, 0.05) is 9.86 Å². The largest absolute Gasteiger partial charge is 0.493 e. The lowest BCUT2D eigenvalue weighted by Crippen LogP contribution is -2.26. The molecule has 0 spiro atoms. The summed E-state index contributed by atoms with van der Waals surface area (Å²) in [5.41, 5.74) is 1.47. The molecule has 2 aromatic carbocycles. The summed E-state index contributed by atoms with van der Waals surface area (Å²) in [6.45, 7) is 1.87. The van der Waals surface area contributed by atoms with Crippen molar-refractivity contribution in [2.45, 2.75) is 13.0 Å². The normalized spacial score (nSPS) is 11.9. The molecule has 7 heteroatoms. The van der Waals surface area contributed by atoms with E-state index in [1.807, 2.05) is 37.3 Å². The second-order valence-electron chi connectivity index (χ2n) is 5.95. The third kappa shape index (κ3) is 3.88. The molecule has 1 unspecified atom stereocenters. The Hall–Kier alpha value is -2.67. The van der Waals surface area contributed by atoms with Crippen LogP contribution >= 0.6 is 15.9 Å². The maximum Gasteiger partial charge on any atom is 0.287 e. The molecule has 6 nitrogen and oxygen atoms in total. The van der Waals surface area contributed by atoms with Gasteiger partial charge in [0.2, 0.25) is 5.75 Å². The van der Waals surface area contributed by atoms with Crippen LogP contribution in [0.2, 0.25) is 0 Å². The first-order valence-electron chi connectivity index (χ1n) is 8.26. The van der Waals surface area contributed by atoms with Crippen molar-refractivity contribution in [3.05, 3.63) is 52.2 Å². The quantitative estimate of drug-likeness (QED) is 0.609. The Kier molecular flexibility index (Phi) is 5.60. The van der Waals surface area contributed by atoms with Gasteiger partial charge in [-0.15, -0.1) is 0 Å². The lowest BCUT2D eigenvalue weighted by atomic mass is 10.1. The summed E-state index contributed by atoms with van der Waals surface area (Å²) in [7, 11) is 4.65. The molecular weight excluding hydrogens is 414 g/mol. The molecule has 0 aliphatic rings. The number of furan rings is 1. The molecule has 0 radical (unpaired) electrons. The summed E-state index contributed by atoms with van der Waals surface area (Å²) in [5, 5.41) is 3.79. The molecule has 0 saturated carbocycles. The number of carbonyl (C=O) groups excluding carboxylic acids is 1. The third-order valence-corrected chi connectivity index (χ3v) is 4.73. The highest BCUT2D eigenvalue weighted by Gasteiger charge is 2.20. The van der Waals surface area contributed by atoms with E-state index in [1.165, 1.54) is 0 Å². The number of hydrogen-bond donors (Lipinski definition) is 1. The van der Waals surface area contributed by atoms with Crippen molar-refractivity contribution in [3.8, 4) is 17.2 Å². The number of hydrogen-bond acceptors (Lipinski definition) is 5. The van der Waals surface area contributed by atoms with Crippen molar-refractivity contribution in [3.63, 3.8) is 0 Å². The van der Waals surface area contributed by atoms with Gasteiger partial charge in [-0.25, -0.2) is 0 Å². The molecule has 1 aromatic heterocycles. The maximum absolute atomic E-state index is 12.6. The Balaban J connectivity index is 1.85. The molecule has 0 aliphatic carbocycles. The highest BCUT2D eigenvalue weighted by atomic mass is 79.9. The van der Waals surface area contributed by atoms with E-state index in [2.05, 4.69) is 21.2 Å². The van der Waals surface area contributed by atoms with Crippen LogP contribution in [0.3, 0.4) is 0 Å². The standard InChI is InChI=1S/C20H20BrNO5/c1-11(12-8-16(24-2)19(26-4)17(9-12)25-3)22-20(23)18-10-13-7-14(21)5-6-15(13)27-18/h5-11H,1-4H3,(H,22,23). The van der Waals surface area contributed by atoms with Gasteiger partial charge in [-0.3, -0.25) is 4.79 Å². The minimum atomic E-state index is -0.302. The van der Waals surface area contributed by atoms with E-state index >= 15 is 0 Å². The Labute approximate surface area is 165 Å². The predicted octanol–water partition coefficient (Wildman–Crippen LogP) is 4.71. The van der Waals surface area contributed by atoms with Crippen molar-refractivity contribution >= 4 is 32.8 Å². The van der Waals surface area contributed by atoms with Crippen molar-refractivity contribution in [1.29, 1.82) is 0 Å². The smallest absolute Gasteiger partial charge is 0.287 e. The van der Waals surface area contributed by atoms with Crippen LogP contribution in [-0.2, 0) is 0 Å². The van der Waals surface area contributed by atoms with Gasteiger partial charge in [0.25, 0.3) is 5.91 Å². The molecule has 0 fully saturated rings. The lowest BCUT2D eigenvalue weighted by Gasteiger charge is -2.18. The number of fused-ring (bicyclic) bond motifs is 1. The molecule has 1 heterocycles. The second-order valence-corrected chi connectivity index (χ2v) is 6.86. The van der Waals surface area contributed by atoms with Crippen LogP contribution in [0.15, 0.2) is 45.3 Å². The lowest BCUT2D eigenvalue weighted by molar-refractivity contribution is 0.0914. The maximum atomic E-state index is 12.6.